The van der Waals surface area contributed by atoms with Crippen LogP contribution in [0.3, 0.4) is 0 Å². The monoisotopic (exact) mass is 225 g/mol. The van der Waals surface area contributed by atoms with Crippen molar-refractivity contribution >= 4 is 23.4 Å². The van der Waals surface area contributed by atoms with E-state index in [1.54, 1.807) is 12.1 Å². The molecule has 1 aromatic rings. The van der Waals surface area contributed by atoms with Crippen molar-refractivity contribution < 1.29 is 9.90 Å². The van der Waals surface area contributed by atoms with Gasteiger partial charge >= 0.3 is 5.97 Å². The second-order valence-electron chi connectivity index (χ2n) is 3.31. The summed E-state index contributed by atoms with van der Waals surface area (Å²) in [5.41, 5.74) is 6.29. The van der Waals surface area contributed by atoms with E-state index in [0.717, 1.165) is 11.3 Å². The molecule has 0 bridgehead atoms. The van der Waals surface area contributed by atoms with Crippen LogP contribution >= 0.6 is 11.8 Å². The first kappa shape index (κ1) is 11.9. The average molecular weight is 225 g/mol. The first-order valence-electron chi connectivity index (χ1n) is 4.88. The predicted molar refractivity (Wildman–Crippen MR) is 63.0 cm³/mol. The van der Waals surface area contributed by atoms with Crippen LogP contribution in [0.2, 0.25) is 0 Å². The number of thioether (sulfide) groups is 1. The number of nitrogens with two attached hydrogens (primary N) is 1. The van der Waals surface area contributed by atoms with Crippen molar-refractivity contribution in [1.82, 2.24) is 0 Å². The summed E-state index contributed by atoms with van der Waals surface area (Å²) in [4.78, 5) is 11.8. The van der Waals surface area contributed by atoms with Gasteiger partial charge in [-0.2, -0.15) is 0 Å². The van der Waals surface area contributed by atoms with Crippen molar-refractivity contribution in [2.75, 3.05) is 5.73 Å². The predicted octanol–water partition coefficient (Wildman–Crippen LogP) is 2.61. The zero-order valence-corrected chi connectivity index (χ0v) is 9.46. The maximum Gasteiger partial charge on any atom is 0.316 e. The molecule has 0 heterocycles. The summed E-state index contributed by atoms with van der Waals surface area (Å²) in [5.74, 6) is -0.760. The fraction of sp³-hybridized carbons (Fsp3) is 0.364. The van der Waals surface area contributed by atoms with E-state index in [2.05, 4.69) is 0 Å². The van der Waals surface area contributed by atoms with Crippen LogP contribution in [-0.2, 0) is 4.79 Å². The molecule has 1 aromatic carbocycles. The second-order valence-corrected chi connectivity index (χ2v) is 4.58. The Labute approximate surface area is 93.7 Å². The molecule has 82 valence electrons. The molecule has 0 aliphatic rings. The molecule has 0 aliphatic carbocycles. The van der Waals surface area contributed by atoms with E-state index in [9.17, 15) is 4.79 Å². The number of carboxylic acid groups (broad SMARTS) is 1. The molecule has 0 amide bonds. The van der Waals surface area contributed by atoms with Crippen molar-refractivity contribution in [1.29, 1.82) is 0 Å². The van der Waals surface area contributed by atoms with Crippen LogP contribution in [-0.4, -0.2) is 16.3 Å². The van der Waals surface area contributed by atoms with Gasteiger partial charge in [0.2, 0.25) is 0 Å². The van der Waals surface area contributed by atoms with Crippen LogP contribution in [0, 0.1) is 0 Å². The van der Waals surface area contributed by atoms with Gasteiger partial charge < -0.3 is 10.8 Å². The maximum atomic E-state index is 10.9. The fourth-order valence-corrected chi connectivity index (χ4v) is 2.39. The summed E-state index contributed by atoms with van der Waals surface area (Å²) < 4.78 is 0. The number of benzene rings is 1. The van der Waals surface area contributed by atoms with Crippen LogP contribution in [0.5, 0.6) is 0 Å². The van der Waals surface area contributed by atoms with Gasteiger partial charge in [-0.15, -0.1) is 11.8 Å². The van der Waals surface area contributed by atoms with Crippen LogP contribution in [0.1, 0.15) is 19.8 Å². The highest BCUT2D eigenvalue weighted by Gasteiger charge is 2.17. The normalized spacial score (nSPS) is 12.3. The third kappa shape index (κ3) is 3.83. The molecule has 0 aliphatic heterocycles. The van der Waals surface area contributed by atoms with Crippen molar-refractivity contribution in [3.05, 3.63) is 24.3 Å². The number of anilines is 1. The van der Waals surface area contributed by atoms with Gasteiger partial charge in [0.1, 0.15) is 5.25 Å². The molecule has 1 atom stereocenters. The third-order valence-corrected chi connectivity index (χ3v) is 3.21. The minimum Gasteiger partial charge on any atom is -0.480 e. The highest BCUT2D eigenvalue weighted by atomic mass is 32.2. The minimum atomic E-state index is -0.760. The Morgan fingerprint density at radius 2 is 2.33 bits per heavy atom. The van der Waals surface area contributed by atoms with Crippen molar-refractivity contribution in [3.8, 4) is 0 Å². The van der Waals surface area contributed by atoms with Gasteiger partial charge in [0.15, 0.2) is 0 Å². The summed E-state index contributed by atoms with van der Waals surface area (Å²) >= 11 is 1.36. The molecule has 4 heteroatoms. The van der Waals surface area contributed by atoms with E-state index >= 15 is 0 Å². The molecule has 0 saturated carbocycles. The van der Waals surface area contributed by atoms with E-state index in [1.165, 1.54) is 11.8 Å². The first-order chi connectivity index (χ1) is 7.13. The maximum absolute atomic E-state index is 10.9. The van der Waals surface area contributed by atoms with E-state index in [0.29, 0.717) is 12.1 Å². The summed E-state index contributed by atoms with van der Waals surface area (Å²) in [7, 11) is 0. The first-order valence-corrected chi connectivity index (χ1v) is 5.76. The SMILES string of the molecule is CCCC(Sc1cccc(N)c1)C(=O)O. The molecule has 1 rings (SSSR count). The molecule has 0 aromatic heterocycles. The average Bonchev–Trinajstić information content (AvgIpc) is 2.17. The topological polar surface area (TPSA) is 63.3 Å². The molecular formula is C11H15NO2S. The van der Waals surface area contributed by atoms with Gasteiger partial charge in [-0.3, -0.25) is 4.79 Å². The smallest absolute Gasteiger partial charge is 0.316 e. The van der Waals surface area contributed by atoms with Gasteiger partial charge in [-0.25, -0.2) is 0 Å². The number of nitrogen functional groups attached to an aromatic ring is 1. The summed E-state index contributed by atoms with van der Waals surface area (Å²) in [5, 5.41) is 8.60. The third-order valence-electron chi connectivity index (χ3n) is 1.96. The standard InChI is InChI=1S/C11H15NO2S/c1-2-4-10(11(13)14)15-9-6-3-5-8(12)7-9/h3,5-7,10H,2,4,12H2,1H3,(H,13,14). The molecule has 0 spiro atoms. The van der Waals surface area contributed by atoms with E-state index < -0.39 is 5.97 Å². The van der Waals surface area contributed by atoms with Gasteiger partial charge in [-0.05, 0) is 24.6 Å². The lowest BCUT2D eigenvalue weighted by Gasteiger charge is -2.10. The lowest BCUT2D eigenvalue weighted by atomic mass is 10.2. The Morgan fingerprint density at radius 3 is 2.87 bits per heavy atom. The summed E-state index contributed by atoms with van der Waals surface area (Å²) in [6, 6.07) is 7.31. The van der Waals surface area contributed by atoms with Crippen LogP contribution in [0.15, 0.2) is 29.2 Å². The van der Waals surface area contributed by atoms with Crippen LogP contribution in [0.25, 0.3) is 0 Å². The van der Waals surface area contributed by atoms with Crippen LogP contribution in [0.4, 0.5) is 5.69 Å². The molecule has 0 fully saturated rings. The zero-order valence-electron chi connectivity index (χ0n) is 8.64. The molecule has 15 heavy (non-hydrogen) atoms. The molecule has 1 unspecified atom stereocenters. The lowest BCUT2D eigenvalue weighted by Crippen LogP contribution is -2.15. The summed E-state index contributed by atoms with van der Waals surface area (Å²) in [6.07, 6.45) is 1.54. The number of hydrogen-bond donors (Lipinski definition) is 2. The highest BCUT2D eigenvalue weighted by Crippen LogP contribution is 2.27. The number of carbonyl (C=O) groups is 1. The van der Waals surface area contributed by atoms with Gasteiger partial charge in [0.05, 0.1) is 0 Å². The molecule has 3 nitrogen and oxygen atoms in total. The largest absolute Gasteiger partial charge is 0.480 e. The number of carboxylic acids is 1. The van der Waals surface area contributed by atoms with Gasteiger partial charge in [-0.1, -0.05) is 19.4 Å². The molecule has 0 radical (unpaired) electrons. The number of aliphatic carboxylic acids is 1. The fourth-order valence-electron chi connectivity index (χ4n) is 1.25. The van der Waals surface area contributed by atoms with E-state index in [4.69, 9.17) is 10.8 Å². The Morgan fingerprint density at radius 1 is 1.60 bits per heavy atom. The molecule has 3 N–H and O–H groups in total. The Balaban J connectivity index is 2.69. The van der Waals surface area contributed by atoms with E-state index in [1.807, 2.05) is 19.1 Å². The van der Waals surface area contributed by atoms with Crippen molar-refractivity contribution in [2.24, 2.45) is 0 Å². The summed E-state index contributed by atoms with van der Waals surface area (Å²) in [6.45, 7) is 1.98. The molecule has 0 saturated heterocycles. The highest BCUT2D eigenvalue weighted by molar-refractivity contribution is 8.00. The minimum absolute atomic E-state index is 0.378. The quantitative estimate of drug-likeness (QED) is 0.597. The van der Waals surface area contributed by atoms with Crippen LogP contribution < -0.4 is 5.73 Å². The van der Waals surface area contributed by atoms with Crippen molar-refractivity contribution in [3.63, 3.8) is 0 Å². The molecular weight excluding hydrogens is 210 g/mol. The Hall–Kier alpha value is -1.16. The zero-order chi connectivity index (χ0) is 11.3. The number of hydrogen-bond acceptors (Lipinski definition) is 3. The Bertz CT molecular complexity index is 341. The second kappa shape index (κ2) is 5.66. The van der Waals surface area contributed by atoms with Crippen molar-refractivity contribution in [2.45, 2.75) is 29.9 Å². The Kier molecular flexibility index (Phi) is 4.49. The van der Waals surface area contributed by atoms with E-state index in [-0.39, 0.29) is 5.25 Å². The lowest BCUT2D eigenvalue weighted by molar-refractivity contribution is -0.136. The van der Waals surface area contributed by atoms with Gasteiger partial charge in [0, 0.05) is 10.6 Å². The van der Waals surface area contributed by atoms with Gasteiger partial charge in [0.25, 0.3) is 0 Å². The number of rotatable bonds is 5.